The number of ether oxygens (including phenoxy) is 1. The minimum absolute atomic E-state index is 0.698. The zero-order valence-electron chi connectivity index (χ0n) is 16.9. The van der Waals surface area contributed by atoms with E-state index >= 15 is 0 Å². The molecule has 0 N–H and O–H groups in total. The molecule has 0 fully saturated rings. The lowest BCUT2D eigenvalue weighted by atomic mass is 10.1. The van der Waals surface area contributed by atoms with Crippen molar-refractivity contribution in [1.29, 1.82) is 0 Å². The molecule has 30 heavy (non-hydrogen) atoms. The maximum absolute atomic E-state index is 6.04. The molecule has 150 valence electrons. The van der Waals surface area contributed by atoms with Crippen molar-refractivity contribution in [2.75, 3.05) is 7.11 Å². The molecule has 0 bridgehead atoms. The van der Waals surface area contributed by atoms with Gasteiger partial charge in [-0.3, -0.25) is 0 Å². The number of hydrogen-bond donors (Lipinski definition) is 0. The van der Waals surface area contributed by atoms with Crippen LogP contribution in [-0.4, -0.2) is 21.8 Å². The largest absolute Gasteiger partial charge is 0.497 e. The summed E-state index contributed by atoms with van der Waals surface area (Å²) >= 11 is 6.04. The van der Waals surface area contributed by atoms with Crippen molar-refractivity contribution >= 4 is 22.9 Å². The van der Waals surface area contributed by atoms with Crippen LogP contribution in [0.4, 0.5) is 0 Å². The van der Waals surface area contributed by atoms with Crippen LogP contribution in [0.1, 0.15) is 18.2 Å². The molecule has 1 aliphatic rings. The van der Waals surface area contributed by atoms with E-state index in [4.69, 9.17) is 16.3 Å². The maximum Gasteiger partial charge on any atom is 0.118 e. The minimum atomic E-state index is 0.698. The van der Waals surface area contributed by atoms with Gasteiger partial charge in [-0.25, -0.2) is 4.68 Å². The predicted octanol–water partition coefficient (Wildman–Crippen LogP) is 6.32. The summed E-state index contributed by atoms with van der Waals surface area (Å²) in [6.07, 6.45) is 10.0. The molecule has 0 aliphatic carbocycles. The molecule has 4 nitrogen and oxygen atoms in total. The summed E-state index contributed by atoms with van der Waals surface area (Å²) in [6, 6.07) is 17.7. The second-order valence-corrected chi connectivity index (χ2v) is 7.22. The fourth-order valence-electron chi connectivity index (χ4n) is 3.42. The molecule has 0 saturated carbocycles. The highest BCUT2D eigenvalue weighted by Crippen LogP contribution is 2.32. The van der Waals surface area contributed by atoms with E-state index in [1.807, 2.05) is 72.3 Å². The molecule has 0 radical (unpaired) electrons. The zero-order valence-corrected chi connectivity index (χ0v) is 17.7. The Labute approximate surface area is 181 Å². The highest BCUT2D eigenvalue weighted by Gasteiger charge is 2.18. The quantitative estimate of drug-likeness (QED) is 0.488. The first-order valence-electron chi connectivity index (χ1n) is 9.60. The molecule has 0 amide bonds. The van der Waals surface area contributed by atoms with Gasteiger partial charge in [-0.15, -0.1) is 0 Å². The fraction of sp³-hybridized carbons (Fsp3) is 0.0800. The first-order valence-corrected chi connectivity index (χ1v) is 9.97. The monoisotopic (exact) mass is 415 g/mol. The molecule has 2 aromatic carbocycles. The molecular weight excluding hydrogens is 394 g/mol. The standard InChI is InChI=1S/C25H22ClN3O/c1-4-24(19-7-13-23(30-3)14-8-19)28-17-20(6-5-18(28)2)25-15-16-27-29(25)22-11-9-21(26)10-12-22/h4-17H,2H2,1,3H3/b24-4-. The van der Waals surface area contributed by atoms with Crippen LogP contribution in [-0.2, 0) is 0 Å². The minimum Gasteiger partial charge on any atom is -0.497 e. The molecule has 0 atom stereocenters. The van der Waals surface area contributed by atoms with Gasteiger partial charge in [0.05, 0.1) is 24.7 Å². The van der Waals surface area contributed by atoms with E-state index in [9.17, 15) is 0 Å². The lowest BCUT2D eigenvalue weighted by Crippen LogP contribution is -2.17. The van der Waals surface area contributed by atoms with Gasteiger partial charge in [0.15, 0.2) is 0 Å². The Balaban J connectivity index is 1.71. The van der Waals surface area contributed by atoms with E-state index in [0.717, 1.165) is 39.7 Å². The van der Waals surface area contributed by atoms with Gasteiger partial charge in [-0.05, 0) is 79.2 Å². The number of rotatable bonds is 5. The summed E-state index contributed by atoms with van der Waals surface area (Å²) in [7, 11) is 1.67. The van der Waals surface area contributed by atoms with Crippen LogP contribution >= 0.6 is 11.6 Å². The SMILES string of the molecule is C=C1C=CC(c2ccnn2-c2ccc(Cl)cc2)=CN1/C(=C\C)c1ccc(OC)cc1. The number of hydrogen-bond acceptors (Lipinski definition) is 3. The molecule has 0 saturated heterocycles. The Morgan fingerprint density at radius 3 is 2.43 bits per heavy atom. The first-order chi connectivity index (χ1) is 14.6. The lowest BCUT2D eigenvalue weighted by Gasteiger charge is -2.28. The summed E-state index contributed by atoms with van der Waals surface area (Å²) in [6.45, 7) is 6.25. The number of benzene rings is 2. The van der Waals surface area contributed by atoms with Crippen molar-refractivity contribution in [3.05, 3.63) is 114 Å². The number of aromatic nitrogens is 2. The van der Waals surface area contributed by atoms with E-state index in [2.05, 4.69) is 34.9 Å². The molecule has 0 unspecified atom stereocenters. The Morgan fingerprint density at radius 2 is 1.77 bits per heavy atom. The molecule has 5 heteroatoms. The Kier molecular flexibility index (Phi) is 5.59. The molecule has 0 spiro atoms. The summed E-state index contributed by atoms with van der Waals surface area (Å²) in [5.74, 6) is 0.828. The molecule has 3 aromatic rings. The summed E-state index contributed by atoms with van der Waals surface area (Å²) in [5.41, 5.74) is 5.98. The number of allylic oxidation sites excluding steroid dienone is 4. The van der Waals surface area contributed by atoms with E-state index < -0.39 is 0 Å². The molecular formula is C25H22ClN3O. The summed E-state index contributed by atoms with van der Waals surface area (Å²) in [4.78, 5) is 2.09. The molecule has 1 aromatic heterocycles. The smallest absolute Gasteiger partial charge is 0.118 e. The topological polar surface area (TPSA) is 30.3 Å². The normalized spacial score (nSPS) is 14.1. The zero-order chi connectivity index (χ0) is 21.1. The predicted molar refractivity (Wildman–Crippen MR) is 123 cm³/mol. The number of methoxy groups -OCH3 is 1. The van der Waals surface area contributed by atoms with Crippen molar-refractivity contribution in [3.63, 3.8) is 0 Å². The maximum atomic E-state index is 6.04. The van der Waals surface area contributed by atoms with Crippen molar-refractivity contribution in [3.8, 4) is 11.4 Å². The third-order valence-electron chi connectivity index (χ3n) is 4.96. The van der Waals surface area contributed by atoms with Gasteiger partial charge >= 0.3 is 0 Å². The van der Waals surface area contributed by atoms with E-state index in [0.29, 0.717) is 5.02 Å². The summed E-state index contributed by atoms with van der Waals surface area (Å²) < 4.78 is 7.19. The fourth-order valence-corrected chi connectivity index (χ4v) is 3.55. The van der Waals surface area contributed by atoms with Gasteiger partial charge in [0.1, 0.15) is 5.75 Å². The highest BCUT2D eigenvalue weighted by atomic mass is 35.5. The third-order valence-corrected chi connectivity index (χ3v) is 5.21. The van der Waals surface area contributed by atoms with Gasteiger partial charge < -0.3 is 9.64 Å². The van der Waals surface area contributed by atoms with E-state index in [-0.39, 0.29) is 0 Å². The second kappa shape index (κ2) is 8.47. The van der Waals surface area contributed by atoms with E-state index in [1.165, 1.54) is 0 Å². The number of nitrogens with zero attached hydrogens (tertiary/aromatic N) is 3. The van der Waals surface area contributed by atoms with Crippen LogP contribution in [0.25, 0.3) is 17.0 Å². The average Bonchev–Trinajstić information content (AvgIpc) is 3.26. The van der Waals surface area contributed by atoms with Crippen LogP contribution in [0.15, 0.2) is 97.5 Å². The van der Waals surface area contributed by atoms with Crippen molar-refractivity contribution in [2.24, 2.45) is 0 Å². The van der Waals surface area contributed by atoms with Crippen LogP contribution in [0.5, 0.6) is 5.75 Å². The summed E-state index contributed by atoms with van der Waals surface area (Å²) in [5, 5.41) is 5.21. The van der Waals surface area contributed by atoms with Gasteiger partial charge in [-0.1, -0.05) is 24.3 Å². The van der Waals surface area contributed by atoms with Crippen LogP contribution in [0.3, 0.4) is 0 Å². The van der Waals surface area contributed by atoms with Gasteiger partial charge in [0, 0.05) is 28.2 Å². The van der Waals surface area contributed by atoms with Crippen LogP contribution < -0.4 is 4.74 Å². The second-order valence-electron chi connectivity index (χ2n) is 6.79. The lowest BCUT2D eigenvalue weighted by molar-refractivity contribution is 0.414. The highest BCUT2D eigenvalue weighted by molar-refractivity contribution is 6.30. The molecule has 4 rings (SSSR count). The van der Waals surface area contributed by atoms with Gasteiger partial charge in [-0.2, -0.15) is 5.10 Å². The van der Waals surface area contributed by atoms with Crippen molar-refractivity contribution < 1.29 is 4.74 Å². The van der Waals surface area contributed by atoms with Crippen LogP contribution in [0, 0.1) is 0 Å². The van der Waals surface area contributed by atoms with E-state index in [1.54, 1.807) is 13.3 Å². The van der Waals surface area contributed by atoms with Gasteiger partial charge in [0.25, 0.3) is 0 Å². The van der Waals surface area contributed by atoms with Crippen molar-refractivity contribution in [1.82, 2.24) is 14.7 Å². The Morgan fingerprint density at radius 1 is 1.03 bits per heavy atom. The Bertz CT molecular complexity index is 1150. The average molecular weight is 416 g/mol. The molecule has 2 heterocycles. The Hall–Kier alpha value is -3.50. The third kappa shape index (κ3) is 3.82. The number of halogens is 1. The first kappa shape index (κ1) is 19.8. The van der Waals surface area contributed by atoms with Crippen LogP contribution in [0.2, 0.25) is 5.02 Å². The van der Waals surface area contributed by atoms with Crippen molar-refractivity contribution in [2.45, 2.75) is 6.92 Å². The van der Waals surface area contributed by atoms with Gasteiger partial charge in [0.2, 0.25) is 0 Å². The molecule has 1 aliphatic heterocycles.